The van der Waals surface area contributed by atoms with Crippen molar-refractivity contribution in [2.24, 2.45) is 7.05 Å². The van der Waals surface area contributed by atoms with Crippen LogP contribution in [0, 0.1) is 0 Å². The molecule has 0 bridgehead atoms. The van der Waals surface area contributed by atoms with Crippen molar-refractivity contribution < 1.29 is 4.74 Å². The maximum absolute atomic E-state index is 5.78. The first-order chi connectivity index (χ1) is 7.75. The SMILES string of the molecule is Cn1cc(N)c(NCCN2CCOCC2)n1. The van der Waals surface area contributed by atoms with Crippen molar-refractivity contribution in [3.05, 3.63) is 6.20 Å². The molecule has 0 atom stereocenters. The second kappa shape index (κ2) is 5.18. The minimum atomic E-state index is 0.699. The molecule has 0 saturated carbocycles. The first-order valence-electron chi connectivity index (χ1n) is 5.59. The van der Waals surface area contributed by atoms with E-state index < -0.39 is 0 Å². The van der Waals surface area contributed by atoms with Gasteiger partial charge in [0.05, 0.1) is 18.9 Å². The first-order valence-corrected chi connectivity index (χ1v) is 5.59. The van der Waals surface area contributed by atoms with Gasteiger partial charge in [0.15, 0.2) is 5.82 Å². The van der Waals surface area contributed by atoms with Gasteiger partial charge in [-0.25, -0.2) is 0 Å². The van der Waals surface area contributed by atoms with Crippen LogP contribution >= 0.6 is 0 Å². The van der Waals surface area contributed by atoms with Crippen molar-refractivity contribution in [2.75, 3.05) is 50.4 Å². The maximum atomic E-state index is 5.78. The quantitative estimate of drug-likeness (QED) is 0.739. The summed E-state index contributed by atoms with van der Waals surface area (Å²) in [6.45, 7) is 5.57. The Morgan fingerprint density at radius 1 is 1.50 bits per heavy atom. The van der Waals surface area contributed by atoms with Crippen molar-refractivity contribution in [1.29, 1.82) is 0 Å². The van der Waals surface area contributed by atoms with Crippen molar-refractivity contribution in [1.82, 2.24) is 14.7 Å². The van der Waals surface area contributed by atoms with Crippen LogP contribution in [0.3, 0.4) is 0 Å². The molecule has 1 aliphatic rings. The van der Waals surface area contributed by atoms with E-state index >= 15 is 0 Å². The number of nitrogens with two attached hydrogens (primary N) is 1. The van der Waals surface area contributed by atoms with Crippen LogP contribution in [0.2, 0.25) is 0 Å². The van der Waals surface area contributed by atoms with Gasteiger partial charge < -0.3 is 15.8 Å². The molecule has 16 heavy (non-hydrogen) atoms. The minimum Gasteiger partial charge on any atom is -0.394 e. The first kappa shape index (κ1) is 11.2. The Morgan fingerprint density at radius 2 is 2.25 bits per heavy atom. The molecule has 2 heterocycles. The van der Waals surface area contributed by atoms with E-state index in [4.69, 9.17) is 10.5 Å². The fraction of sp³-hybridized carbons (Fsp3) is 0.700. The van der Waals surface area contributed by atoms with E-state index in [1.54, 1.807) is 10.9 Å². The topological polar surface area (TPSA) is 68.3 Å². The van der Waals surface area contributed by atoms with Crippen LogP contribution in [0.15, 0.2) is 6.20 Å². The molecular formula is C10H19N5O. The highest BCUT2D eigenvalue weighted by atomic mass is 16.5. The Balaban J connectivity index is 1.73. The van der Waals surface area contributed by atoms with E-state index in [1.165, 1.54) is 0 Å². The third-order valence-corrected chi connectivity index (χ3v) is 2.68. The highest BCUT2D eigenvalue weighted by molar-refractivity contribution is 5.59. The molecule has 0 unspecified atom stereocenters. The summed E-state index contributed by atoms with van der Waals surface area (Å²) in [6, 6.07) is 0. The van der Waals surface area contributed by atoms with Gasteiger partial charge in [-0.15, -0.1) is 0 Å². The smallest absolute Gasteiger partial charge is 0.171 e. The van der Waals surface area contributed by atoms with E-state index in [9.17, 15) is 0 Å². The van der Waals surface area contributed by atoms with Crippen molar-refractivity contribution in [3.8, 4) is 0 Å². The summed E-state index contributed by atoms with van der Waals surface area (Å²) in [7, 11) is 1.86. The van der Waals surface area contributed by atoms with Gasteiger partial charge >= 0.3 is 0 Å². The average molecular weight is 225 g/mol. The predicted octanol–water partition coefficient (Wildman–Crippen LogP) is -0.254. The lowest BCUT2D eigenvalue weighted by atomic mass is 10.4. The highest BCUT2D eigenvalue weighted by Crippen LogP contribution is 2.13. The zero-order valence-corrected chi connectivity index (χ0v) is 9.65. The minimum absolute atomic E-state index is 0.699. The monoisotopic (exact) mass is 225 g/mol. The molecule has 90 valence electrons. The molecule has 3 N–H and O–H groups in total. The Morgan fingerprint density at radius 3 is 2.88 bits per heavy atom. The molecule has 0 amide bonds. The van der Waals surface area contributed by atoms with Crippen LogP contribution in [-0.4, -0.2) is 54.1 Å². The maximum Gasteiger partial charge on any atom is 0.171 e. The number of aromatic nitrogens is 2. The van der Waals surface area contributed by atoms with Gasteiger partial charge in [-0.05, 0) is 0 Å². The number of ether oxygens (including phenoxy) is 1. The number of rotatable bonds is 4. The Hall–Kier alpha value is -1.27. The average Bonchev–Trinajstić information content (AvgIpc) is 2.59. The van der Waals surface area contributed by atoms with Gasteiger partial charge in [0.2, 0.25) is 0 Å². The van der Waals surface area contributed by atoms with Crippen LogP contribution in [0.1, 0.15) is 0 Å². The molecular weight excluding hydrogens is 206 g/mol. The molecule has 0 aromatic carbocycles. The van der Waals surface area contributed by atoms with E-state index in [2.05, 4.69) is 15.3 Å². The molecule has 2 rings (SSSR count). The fourth-order valence-electron chi connectivity index (χ4n) is 1.80. The van der Waals surface area contributed by atoms with Gasteiger partial charge in [0, 0.05) is 39.4 Å². The van der Waals surface area contributed by atoms with Gasteiger partial charge in [-0.3, -0.25) is 9.58 Å². The Labute approximate surface area is 95.4 Å². The Kier molecular flexibility index (Phi) is 3.63. The second-order valence-corrected chi connectivity index (χ2v) is 3.99. The zero-order chi connectivity index (χ0) is 11.4. The normalized spacial score (nSPS) is 17.6. The van der Waals surface area contributed by atoms with Gasteiger partial charge in [-0.1, -0.05) is 0 Å². The summed E-state index contributed by atoms with van der Waals surface area (Å²) in [6.07, 6.45) is 1.80. The molecule has 6 heteroatoms. The largest absolute Gasteiger partial charge is 0.394 e. The summed E-state index contributed by atoms with van der Waals surface area (Å²) in [5.41, 5.74) is 6.48. The molecule has 1 aliphatic heterocycles. The molecule has 1 aromatic heterocycles. The lowest BCUT2D eigenvalue weighted by Gasteiger charge is -2.26. The lowest BCUT2D eigenvalue weighted by Crippen LogP contribution is -2.39. The lowest BCUT2D eigenvalue weighted by molar-refractivity contribution is 0.0398. The van der Waals surface area contributed by atoms with E-state index in [1.807, 2.05) is 7.05 Å². The summed E-state index contributed by atoms with van der Waals surface area (Å²) >= 11 is 0. The number of morpholine rings is 1. The number of nitrogens with one attached hydrogen (secondary N) is 1. The fourth-order valence-corrected chi connectivity index (χ4v) is 1.80. The number of aryl methyl sites for hydroxylation is 1. The number of hydrogen-bond acceptors (Lipinski definition) is 5. The van der Waals surface area contributed by atoms with E-state index in [0.717, 1.165) is 45.2 Å². The van der Waals surface area contributed by atoms with Gasteiger partial charge in [0.25, 0.3) is 0 Å². The number of nitrogen functional groups attached to an aromatic ring is 1. The summed E-state index contributed by atoms with van der Waals surface area (Å²) in [5.74, 6) is 0.774. The second-order valence-electron chi connectivity index (χ2n) is 3.99. The summed E-state index contributed by atoms with van der Waals surface area (Å²) < 4.78 is 7.00. The van der Waals surface area contributed by atoms with Crippen molar-refractivity contribution in [2.45, 2.75) is 0 Å². The highest BCUT2D eigenvalue weighted by Gasteiger charge is 2.10. The molecule has 0 radical (unpaired) electrons. The third-order valence-electron chi connectivity index (χ3n) is 2.68. The van der Waals surface area contributed by atoms with Crippen molar-refractivity contribution in [3.63, 3.8) is 0 Å². The van der Waals surface area contributed by atoms with Crippen LogP contribution in [0.25, 0.3) is 0 Å². The molecule has 1 aromatic rings. The zero-order valence-electron chi connectivity index (χ0n) is 9.65. The number of hydrogen-bond donors (Lipinski definition) is 2. The van der Waals surface area contributed by atoms with Crippen LogP contribution < -0.4 is 11.1 Å². The molecule has 1 fully saturated rings. The van der Waals surface area contributed by atoms with Gasteiger partial charge in [0.1, 0.15) is 0 Å². The van der Waals surface area contributed by atoms with E-state index in [-0.39, 0.29) is 0 Å². The molecule has 0 spiro atoms. The molecule has 6 nitrogen and oxygen atoms in total. The van der Waals surface area contributed by atoms with Crippen LogP contribution in [-0.2, 0) is 11.8 Å². The number of anilines is 2. The summed E-state index contributed by atoms with van der Waals surface area (Å²) in [5, 5.41) is 7.47. The van der Waals surface area contributed by atoms with Gasteiger partial charge in [-0.2, -0.15) is 5.10 Å². The summed E-state index contributed by atoms with van der Waals surface area (Å²) in [4.78, 5) is 2.37. The van der Waals surface area contributed by atoms with Crippen LogP contribution in [0.5, 0.6) is 0 Å². The van der Waals surface area contributed by atoms with Crippen molar-refractivity contribution >= 4 is 11.5 Å². The number of nitrogens with zero attached hydrogens (tertiary/aromatic N) is 3. The predicted molar refractivity (Wildman–Crippen MR) is 63.4 cm³/mol. The van der Waals surface area contributed by atoms with Crippen LogP contribution in [0.4, 0.5) is 11.5 Å². The Bertz CT molecular complexity index is 332. The standard InChI is InChI=1S/C10H19N5O/c1-14-8-9(11)10(13-14)12-2-3-15-4-6-16-7-5-15/h8H,2-7,11H2,1H3,(H,12,13). The molecule has 0 aliphatic carbocycles. The van der Waals surface area contributed by atoms with E-state index in [0.29, 0.717) is 5.69 Å². The third kappa shape index (κ3) is 2.86. The molecule has 1 saturated heterocycles.